The van der Waals surface area contributed by atoms with Crippen LogP contribution in [0, 0.1) is 20.8 Å². The number of phenols is 1. The molecule has 6 nitrogen and oxygen atoms in total. The number of aryl methyl sites for hydroxylation is 3. The number of rotatable bonds is 2. The van der Waals surface area contributed by atoms with Crippen LogP contribution in [0.15, 0.2) is 24.3 Å². The van der Waals surface area contributed by atoms with Crippen LogP contribution < -0.4 is 5.32 Å². The Hall–Kier alpha value is -2.76. The Bertz CT molecular complexity index is 832. The van der Waals surface area contributed by atoms with Crippen molar-refractivity contribution in [2.45, 2.75) is 20.8 Å². The van der Waals surface area contributed by atoms with Gasteiger partial charge in [-0.3, -0.25) is 0 Å². The second-order valence-corrected chi connectivity index (χ2v) is 4.98. The average Bonchev–Trinajstić information content (AvgIpc) is 2.42. The molecule has 0 unspecified atom stereocenters. The van der Waals surface area contributed by atoms with Gasteiger partial charge in [0.05, 0.1) is 16.9 Å². The standard InChI is InChI=1S/C15H15N5O/c1-8-4-5-11(21)7-12(8)17-15-16-10(3)14-13(18-15)6-9(2)19-20-14/h4-7,21H,1-3H3,(H,16,17,18). The van der Waals surface area contributed by atoms with E-state index >= 15 is 0 Å². The fourth-order valence-corrected chi connectivity index (χ4v) is 2.09. The highest BCUT2D eigenvalue weighted by atomic mass is 16.3. The summed E-state index contributed by atoms with van der Waals surface area (Å²) in [5, 5.41) is 20.9. The number of nitrogens with zero attached hydrogens (tertiary/aromatic N) is 4. The van der Waals surface area contributed by atoms with Gasteiger partial charge in [0.25, 0.3) is 0 Å². The first-order chi connectivity index (χ1) is 10.0. The second kappa shape index (κ2) is 4.97. The highest BCUT2D eigenvalue weighted by Gasteiger charge is 2.08. The molecule has 0 aliphatic carbocycles. The minimum atomic E-state index is 0.197. The minimum Gasteiger partial charge on any atom is -0.508 e. The highest BCUT2D eigenvalue weighted by Crippen LogP contribution is 2.24. The molecule has 2 heterocycles. The van der Waals surface area contributed by atoms with E-state index in [1.807, 2.05) is 32.9 Å². The summed E-state index contributed by atoms with van der Waals surface area (Å²) in [5.41, 5.74) is 4.77. The molecule has 0 aliphatic heterocycles. The van der Waals surface area contributed by atoms with E-state index in [9.17, 15) is 5.11 Å². The summed E-state index contributed by atoms with van der Waals surface area (Å²) in [4.78, 5) is 8.85. The van der Waals surface area contributed by atoms with Crippen LogP contribution in [-0.2, 0) is 0 Å². The van der Waals surface area contributed by atoms with Gasteiger partial charge >= 0.3 is 0 Å². The SMILES string of the molecule is Cc1cc2nc(Nc3cc(O)ccc3C)nc(C)c2nn1. The zero-order valence-corrected chi connectivity index (χ0v) is 12.0. The molecular formula is C15H15N5O. The van der Waals surface area contributed by atoms with Gasteiger partial charge in [0, 0.05) is 11.8 Å². The summed E-state index contributed by atoms with van der Waals surface area (Å²) < 4.78 is 0. The molecule has 3 aromatic rings. The molecule has 1 aromatic carbocycles. The summed E-state index contributed by atoms with van der Waals surface area (Å²) in [6.45, 7) is 5.69. The number of nitrogens with one attached hydrogen (secondary N) is 1. The Morgan fingerprint density at radius 1 is 1.00 bits per heavy atom. The Morgan fingerprint density at radius 3 is 2.62 bits per heavy atom. The molecule has 106 valence electrons. The molecule has 6 heteroatoms. The van der Waals surface area contributed by atoms with E-state index in [0.717, 1.165) is 28.2 Å². The third kappa shape index (κ3) is 2.60. The summed E-state index contributed by atoms with van der Waals surface area (Å²) >= 11 is 0. The monoisotopic (exact) mass is 281 g/mol. The first-order valence-corrected chi connectivity index (χ1v) is 6.58. The van der Waals surface area contributed by atoms with Gasteiger partial charge in [-0.05, 0) is 38.5 Å². The number of hydrogen-bond acceptors (Lipinski definition) is 6. The number of hydrogen-bond donors (Lipinski definition) is 2. The van der Waals surface area contributed by atoms with Gasteiger partial charge in [-0.25, -0.2) is 9.97 Å². The molecule has 0 saturated heterocycles. The minimum absolute atomic E-state index is 0.197. The molecule has 3 rings (SSSR count). The Labute approximate surface area is 121 Å². The molecule has 2 N–H and O–H groups in total. The van der Waals surface area contributed by atoms with Crippen LogP contribution in [0.3, 0.4) is 0 Å². The Morgan fingerprint density at radius 2 is 1.81 bits per heavy atom. The second-order valence-electron chi connectivity index (χ2n) is 4.98. The van der Waals surface area contributed by atoms with Crippen LogP contribution in [0.1, 0.15) is 17.0 Å². The number of phenolic OH excluding ortho intramolecular Hbond substituents is 1. The number of benzene rings is 1. The number of aromatic nitrogens is 4. The first-order valence-electron chi connectivity index (χ1n) is 6.58. The predicted molar refractivity (Wildman–Crippen MR) is 80.7 cm³/mol. The van der Waals surface area contributed by atoms with Gasteiger partial charge in [0.15, 0.2) is 0 Å². The van der Waals surface area contributed by atoms with Gasteiger partial charge in [-0.2, -0.15) is 5.10 Å². The number of aromatic hydroxyl groups is 1. The van der Waals surface area contributed by atoms with Crippen LogP contribution in [0.2, 0.25) is 0 Å². The van der Waals surface area contributed by atoms with Crippen molar-refractivity contribution >= 4 is 22.7 Å². The summed E-state index contributed by atoms with van der Waals surface area (Å²) in [7, 11) is 0. The predicted octanol–water partition coefficient (Wildman–Crippen LogP) is 2.79. The van der Waals surface area contributed by atoms with Crippen LogP contribution in [0.4, 0.5) is 11.6 Å². The molecule has 0 radical (unpaired) electrons. The van der Waals surface area contributed by atoms with E-state index in [1.165, 1.54) is 0 Å². The van der Waals surface area contributed by atoms with Crippen LogP contribution in [0.5, 0.6) is 5.75 Å². The maximum atomic E-state index is 9.58. The van der Waals surface area contributed by atoms with Crippen molar-refractivity contribution in [1.29, 1.82) is 0 Å². The van der Waals surface area contributed by atoms with Gasteiger partial charge in [0.2, 0.25) is 5.95 Å². The van der Waals surface area contributed by atoms with Gasteiger partial charge in [0.1, 0.15) is 11.3 Å². The van der Waals surface area contributed by atoms with E-state index in [2.05, 4.69) is 25.5 Å². The van der Waals surface area contributed by atoms with E-state index < -0.39 is 0 Å². The maximum Gasteiger partial charge on any atom is 0.228 e. The van der Waals surface area contributed by atoms with Crippen LogP contribution in [-0.4, -0.2) is 25.3 Å². The molecule has 0 bridgehead atoms. The van der Waals surface area contributed by atoms with E-state index in [4.69, 9.17) is 0 Å². The third-order valence-electron chi connectivity index (χ3n) is 3.21. The van der Waals surface area contributed by atoms with E-state index in [0.29, 0.717) is 11.5 Å². The van der Waals surface area contributed by atoms with Gasteiger partial charge in [-0.15, -0.1) is 5.10 Å². The zero-order chi connectivity index (χ0) is 15.0. The van der Waals surface area contributed by atoms with Crippen molar-refractivity contribution in [3.8, 4) is 5.75 Å². The molecule has 21 heavy (non-hydrogen) atoms. The molecule has 0 atom stereocenters. The topological polar surface area (TPSA) is 83.8 Å². The third-order valence-corrected chi connectivity index (χ3v) is 3.21. The normalized spacial score (nSPS) is 10.8. The number of anilines is 2. The van der Waals surface area contributed by atoms with Crippen LogP contribution in [0.25, 0.3) is 11.0 Å². The smallest absolute Gasteiger partial charge is 0.228 e. The zero-order valence-electron chi connectivity index (χ0n) is 12.0. The molecule has 0 fully saturated rings. The largest absolute Gasteiger partial charge is 0.508 e. The molecular weight excluding hydrogens is 266 g/mol. The van der Waals surface area contributed by atoms with Crippen molar-refractivity contribution in [2.75, 3.05) is 5.32 Å². The summed E-state index contributed by atoms with van der Waals surface area (Å²) in [6, 6.07) is 7.00. The number of fused-ring (bicyclic) bond motifs is 1. The Balaban J connectivity index is 2.06. The van der Waals surface area contributed by atoms with Crippen molar-refractivity contribution in [2.24, 2.45) is 0 Å². The van der Waals surface area contributed by atoms with Crippen molar-refractivity contribution in [3.05, 3.63) is 41.2 Å². The van der Waals surface area contributed by atoms with Crippen molar-refractivity contribution in [1.82, 2.24) is 20.2 Å². The lowest BCUT2D eigenvalue weighted by Gasteiger charge is -2.10. The maximum absolute atomic E-state index is 9.58. The summed E-state index contributed by atoms with van der Waals surface area (Å²) in [6.07, 6.45) is 0. The van der Waals surface area contributed by atoms with E-state index in [1.54, 1.807) is 12.1 Å². The molecule has 0 amide bonds. The van der Waals surface area contributed by atoms with Crippen LogP contribution >= 0.6 is 0 Å². The average molecular weight is 281 g/mol. The molecule has 2 aromatic heterocycles. The fourth-order valence-electron chi connectivity index (χ4n) is 2.09. The highest BCUT2D eigenvalue weighted by molar-refractivity contribution is 5.78. The lowest BCUT2D eigenvalue weighted by molar-refractivity contribution is 0.475. The quantitative estimate of drug-likeness (QED) is 0.751. The molecule has 0 spiro atoms. The van der Waals surface area contributed by atoms with E-state index in [-0.39, 0.29) is 5.75 Å². The first kappa shape index (κ1) is 13.2. The molecule has 0 saturated carbocycles. The summed E-state index contributed by atoms with van der Waals surface area (Å²) in [5.74, 6) is 0.670. The van der Waals surface area contributed by atoms with Crippen molar-refractivity contribution < 1.29 is 5.11 Å². The van der Waals surface area contributed by atoms with Gasteiger partial charge in [-0.1, -0.05) is 6.07 Å². The van der Waals surface area contributed by atoms with Crippen molar-refractivity contribution in [3.63, 3.8) is 0 Å². The van der Waals surface area contributed by atoms with Gasteiger partial charge < -0.3 is 10.4 Å². The molecule has 0 aliphatic rings. The Kier molecular flexibility index (Phi) is 3.13. The fraction of sp³-hybridized carbons (Fsp3) is 0.200. The lowest BCUT2D eigenvalue weighted by Crippen LogP contribution is -2.02. The lowest BCUT2D eigenvalue weighted by atomic mass is 10.2.